The van der Waals surface area contributed by atoms with Gasteiger partial charge in [-0.15, -0.1) is 0 Å². The van der Waals surface area contributed by atoms with Crippen LogP contribution in [0, 0.1) is 11.6 Å². The standard InChI is InChI=1S/C20H20F2N2O5S/c1-29-19(25)14-5-6-15(18(22)11-14)13-24(17-4-2-3-16(21)12-17)20(26)23-7-9-30(27,28)10-8-23/h2-6,11-12H,7-10,13H2,1H3. The van der Waals surface area contributed by atoms with Gasteiger partial charge in [0.1, 0.15) is 11.6 Å². The first kappa shape index (κ1) is 21.7. The van der Waals surface area contributed by atoms with Crippen LogP contribution < -0.4 is 4.90 Å². The van der Waals surface area contributed by atoms with Gasteiger partial charge in [-0.2, -0.15) is 0 Å². The van der Waals surface area contributed by atoms with Gasteiger partial charge >= 0.3 is 12.0 Å². The van der Waals surface area contributed by atoms with Crippen molar-refractivity contribution in [3.05, 3.63) is 65.2 Å². The van der Waals surface area contributed by atoms with Gasteiger partial charge in [-0.05, 0) is 30.3 Å². The lowest BCUT2D eigenvalue weighted by Crippen LogP contribution is -2.49. The molecule has 0 aromatic heterocycles. The fourth-order valence-corrected chi connectivity index (χ4v) is 4.28. The first-order chi connectivity index (χ1) is 14.2. The molecule has 0 spiro atoms. The maximum atomic E-state index is 14.6. The van der Waals surface area contributed by atoms with Gasteiger partial charge in [0, 0.05) is 24.3 Å². The average molecular weight is 438 g/mol. The summed E-state index contributed by atoms with van der Waals surface area (Å²) in [5, 5.41) is 0. The molecule has 1 fully saturated rings. The molecule has 1 aliphatic rings. The van der Waals surface area contributed by atoms with E-state index in [2.05, 4.69) is 4.74 Å². The highest BCUT2D eigenvalue weighted by atomic mass is 32.2. The molecule has 0 saturated carbocycles. The number of hydrogen-bond donors (Lipinski definition) is 0. The topological polar surface area (TPSA) is 84.0 Å². The molecule has 1 aliphatic heterocycles. The molecule has 2 aromatic rings. The van der Waals surface area contributed by atoms with Crippen LogP contribution in [0.4, 0.5) is 19.3 Å². The molecule has 1 saturated heterocycles. The lowest BCUT2D eigenvalue weighted by molar-refractivity contribution is 0.0600. The Hall–Kier alpha value is -3.01. The molecular formula is C20H20F2N2O5S. The number of carbonyl (C=O) groups excluding carboxylic acids is 2. The molecule has 0 aliphatic carbocycles. The average Bonchev–Trinajstić information content (AvgIpc) is 2.71. The van der Waals surface area contributed by atoms with E-state index < -0.39 is 33.5 Å². The van der Waals surface area contributed by atoms with Crippen LogP contribution in [0.15, 0.2) is 42.5 Å². The normalized spacial score (nSPS) is 15.5. The smallest absolute Gasteiger partial charge is 0.337 e. The van der Waals surface area contributed by atoms with Gasteiger partial charge in [-0.3, -0.25) is 4.90 Å². The Morgan fingerprint density at radius 3 is 2.40 bits per heavy atom. The van der Waals surface area contributed by atoms with Gasteiger partial charge in [-0.25, -0.2) is 26.8 Å². The number of benzene rings is 2. The third-order valence-corrected chi connectivity index (χ3v) is 6.38. The first-order valence-corrected chi connectivity index (χ1v) is 10.9. The first-order valence-electron chi connectivity index (χ1n) is 9.09. The summed E-state index contributed by atoms with van der Waals surface area (Å²) in [7, 11) is -2.03. The SMILES string of the molecule is COC(=O)c1ccc(CN(C(=O)N2CCS(=O)(=O)CC2)c2cccc(F)c2)c(F)c1. The largest absolute Gasteiger partial charge is 0.465 e. The molecule has 2 amide bonds. The molecule has 2 aromatic carbocycles. The zero-order chi connectivity index (χ0) is 21.9. The van der Waals surface area contributed by atoms with Crippen LogP contribution in [0.25, 0.3) is 0 Å². The van der Waals surface area contributed by atoms with Crippen LogP contribution in [0.3, 0.4) is 0 Å². The quantitative estimate of drug-likeness (QED) is 0.686. The third kappa shape index (κ3) is 4.93. The number of halogens is 2. The van der Waals surface area contributed by atoms with E-state index in [1.54, 1.807) is 0 Å². The lowest BCUT2D eigenvalue weighted by atomic mass is 10.1. The van der Waals surface area contributed by atoms with E-state index in [0.29, 0.717) is 0 Å². The minimum absolute atomic E-state index is 0.00323. The van der Waals surface area contributed by atoms with Gasteiger partial charge in [0.15, 0.2) is 9.84 Å². The fraction of sp³-hybridized carbons (Fsp3) is 0.300. The Morgan fingerprint density at radius 1 is 1.10 bits per heavy atom. The van der Waals surface area contributed by atoms with Crippen molar-refractivity contribution < 1.29 is 31.5 Å². The number of rotatable bonds is 4. The number of amides is 2. The van der Waals surface area contributed by atoms with E-state index in [1.165, 1.54) is 47.2 Å². The van der Waals surface area contributed by atoms with Gasteiger partial charge in [-0.1, -0.05) is 12.1 Å². The molecule has 0 N–H and O–H groups in total. The Kier molecular flexibility index (Phi) is 6.35. The minimum atomic E-state index is -3.20. The van der Waals surface area contributed by atoms with Crippen LogP contribution in [0.1, 0.15) is 15.9 Å². The van der Waals surface area contributed by atoms with Crippen molar-refractivity contribution >= 4 is 27.5 Å². The van der Waals surface area contributed by atoms with Crippen molar-refractivity contribution in [3.63, 3.8) is 0 Å². The van der Waals surface area contributed by atoms with Crippen molar-refractivity contribution in [3.8, 4) is 0 Å². The number of urea groups is 1. The summed E-state index contributed by atoms with van der Waals surface area (Å²) < 4.78 is 56.3. The summed E-state index contributed by atoms with van der Waals surface area (Å²) in [6.07, 6.45) is 0. The Balaban J connectivity index is 1.91. The molecule has 0 atom stereocenters. The van der Waals surface area contributed by atoms with E-state index in [-0.39, 0.29) is 48.0 Å². The van der Waals surface area contributed by atoms with E-state index in [0.717, 1.165) is 12.1 Å². The van der Waals surface area contributed by atoms with E-state index >= 15 is 0 Å². The molecule has 30 heavy (non-hydrogen) atoms. The van der Waals surface area contributed by atoms with Crippen molar-refractivity contribution in [2.45, 2.75) is 6.54 Å². The van der Waals surface area contributed by atoms with Crippen molar-refractivity contribution in [2.75, 3.05) is 36.6 Å². The predicted molar refractivity (Wildman–Crippen MR) is 106 cm³/mol. The Morgan fingerprint density at radius 2 is 1.80 bits per heavy atom. The second-order valence-electron chi connectivity index (χ2n) is 6.79. The molecule has 0 unspecified atom stereocenters. The summed E-state index contributed by atoms with van der Waals surface area (Å²) in [6, 6.07) is 8.43. The van der Waals surface area contributed by atoms with Crippen molar-refractivity contribution in [1.82, 2.24) is 4.90 Å². The molecular weight excluding hydrogens is 418 g/mol. The van der Waals surface area contributed by atoms with Gasteiger partial charge in [0.05, 0.1) is 30.7 Å². The highest BCUT2D eigenvalue weighted by Crippen LogP contribution is 2.23. The lowest BCUT2D eigenvalue weighted by Gasteiger charge is -2.33. The summed E-state index contributed by atoms with van der Waals surface area (Å²) in [5.74, 6) is -2.34. The highest BCUT2D eigenvalue weighted by Gasteiger charge is 2.29. The van der Waals surface area contributed by atoms with Crippen LogP contribution >= 0.6 is 0 Å². The summed E-state index contributed by atoms with van der Waals surface area (Å²) >= 11 is 0. The number of sulfone groups is 1. The number of carbonyl (C=O) groups is 2. The third-order valence-electron chi connectivity index (χ3n) is 4.77. The van der Waals surface area contributed by atoms with Gasteiger partial charge in [0.25, 0.3) is 0 Å². The maximum absolute atomic E-state index is 14.6. The fourth-order valence-electron chi connectivity index (χ4n) is 3.08. The second kappa shape index (κ2) is 8.78. The zero-order valence-corrected chi connectivity index (χ0v) is 17.0. The summed E-state index contributed by atoms with van der Waals surface area (Å²) in [6.45, 7) is -0.244. The van der Waals surface area contributed by atoms with Crippen LogP contribution in [0.5, 0.6) is 0 Å². The van der Waals surface area contributed by atoms with Crippen LogP contribution in [-0.4, -0.2) is 57.0 Å². The monoisotopic (exact) mass is 438 g/mol. The van der Waals surface area contributed by atoms with E-state index in [1.807, 2.05) is 0 Å². The van der Waals surface area contributed by atoms with Crippen molar-refractivity contribution in [2.24, 2.45) is 0 Å². The molecule has 3 rings (SSSR count). The Bertz CT molecular complexity index is 1060. The number of esters is 1. The van der Waals surface area contributed by atoms with Crippen LogP contribution in [-0.2, 0) is 21.1 Å². The molecule has 7 nitrogen and oxygen atoms in total. The molecule has 0 bridgehead atoms. The summed E-state index contributed by atoms with van der Waals surface area (Å²) in [5.41, 5.74) is 0.318. The molecule has 160 valence electrons. The summed E-state index contributed by atoms with van der Waals surface area (Å²) in [4.78, 5) is 27.2. The maximum Gasteiger partial charge on any atom is 0.337 e. The second-order valence-corrected chi connectivity index (χ2v) is 9.09. The van der Waals surface area contributed by atoms with Crippen molar-refractivity contribution in [1.29, 1.82) is 0 Å². The predicted octanol–water partition coefficient (Wildman–Crippen LogP) is 2.61. The molecule has 0 radical (unpaired) electrons. The molecule has 10 heteroatoms. The number of nitrogens with zero attached hydrogens (tertiary/aromatic N) is 2. The van der Waals surface area contributed by atoms with Gasteiger partial charge < -0.3 is 9.64 Å². The van der Waals surface area contributed by atoms with E-state index in [9.17, 15) is 26.8 Å². The number of methoxy groups -OCH3 is 1. The highest BCUT2D eigenvalue weighted by molar-refractivity contribution is 7.91. The van der Waals surface area contributed by atoms with Gasteiger partial charge in [0.2, 0.25) is 0 Å². The number of anilines is 1. The molecule has 1 heterocycles. The minimum Gasteiger partial charge on any atom is -0.465 e. The Labute approximate surface area is 172 Å². The van der Waals surface area contributed by atoms with Crippen LogP contribution in [0.2, 0.25) is 0 Å². The number of hydrogen-bond acceptors (Lipinski definition) is 5. The number of ether oxygens (including phenoxy) is 1. The van der Waals surface area contributed by atoms with E-state index in [4.69, 9.17) is 0 Å². The zero-order valence-electron chi connectivity index (χ0n) is 16.2.